The Labute approximate surface area is 147 Å². The van der Waals surface area contributed by atoms with E-state index in [1.165, 1.54) is 12.1 Å². The van der Waals surface area contributed by atoms with Crippen molar-refractivity contribution in [2.45, 2.75) is 24.3 Å². The Kier molecular flexibility index (Phi) is 5.50. The van der Waals surface area contributed by atoms with Crippen molar-refractivity contribution in [1.29, 1.82) is 0 Å². The fraction of sp³-hybridized carbons (Fsp3) is 0.412. The van der Waals surface area contributed by atoms with Gasteiger partial charge in [-0.1, -0.05) is 18.2 Å². The normalized spacial score (nSPS) is 16.1. The van der Waals surface area contributed by atoms with Gasteiger partial charge in [0.15, 0.2) is 0 Å². The zero-order valence-corrected chi connectivity index (χ0v) is 14.7. The number of hydrogen-bond donors (Lipinski definition) is 1. The van der Waals surface area contributed by atoms with E-state index < -0.39 is 10.0 Å². The van der Waals surface area contributed by atoms with Gasteiger partial charge in [-0.25, -0.2) is 13.1 Å². The lowest BCUT2D eigenvalue weighted by Crippen LogP contribution is -2.44. The summed E-state index contributed by atoms with van der Waals surface area (Å²) in [4.78, 5) is 14.2. The van der Waals surface area contributed by atoms with Crippen LogP contribution in [0.2, 0.25) is 0 Å². The number of aromatic nitrogens is 2. The molecule has 1 aromatic carbocycles. The van der Waals surface area contributed by atoms with E-state index in [1.807, 2.05) is 16.9 Å². The predicted molar refractivity (Wildman–Crippen MR) is 93.2 cm³/mol. The molecule has 2 aromatic rings. The molecule has 7 nitrogen and oxygen atoms in total. The molecule has 1 fully saturated rings. The van der Waals surface area contributed by atoms with E-state index in [9.17, 15) is 13.2 Å². The molecule has 1 saturated heterocycles. The van der Waals surface area contributed by atoms with Crippen LogP contribution < -0.4 is 4.72 Å². The average molecular weight is 362 g/mol. The summed E-state index contributed by atoms with van der Waals surface area (Å²) in [6.45, 7) is 1.95. The molecule has 1 N–H and O–H groups in total. The van der Waals surface area contributed by atoms with Gasteiger partial charge in [0, 0.05) is 32.0 Å². The van der Waals surface area contributed by atoms with Crippen molar-refractivity contribution in [3.63, 3.8) is 0 Å². The number of carbonyl (C=O) groups excluding carboxylic acids is 1. The first kappa shape index (κ1) is 17.6. The second kappa shape index (κ2) is 7.79. The molecular formula is C17H22N4O3S. The molecule has 1 amide bonds. The van der Waals surface area contributed by atoms with Crippen LogP contribution in [0.5, 0.6) is 0 Å². The highest BCUT2D eigenvalue weighted by atomic mass is 32.2. The van der Waals surface area contributed by atoms with Crippen LogP contribution in [0.15, 0.2) is 53.7 Å². The Balaban J connectivity index is 1.46. The van der Waals surface area contributed by atoms with Gasteiger partial charge in [0.1, 0.15) is 0 Å². The Morgan fingerprint density at radius 2 is 1.88 bits per heavy atom. The van der Waals surface area contributed by atoms with Gasteiger partial charge in [-0.3, -0.25) is 9.48 Å². The summed E-state index contributed by atoms with van der Waals surface area (Å²) in [6, 6.07) is 9.97. The lowest BCUT2D eigenvalue weighted by molar-refractivity contribution is -0.131. The Hall–Kier alpha value is -2.19. The molecule has 2 heterocycles. The molecule has 0 atom stereocenters. The number of nitrogens with zero attached hydrogens (tertiary/aromatic N) is 3. The summed E-state index contributed by atoms with van der Waals surface area (Å²) in [7, 11) is -3.65. The minimum atomic E-state index is -3.65. The van der Waals surface area contributed by atoms with Gasteiger partial charge in [-0.2, -0.15) is 5.10 Å². The van der Waals surface area contributed by atoms with Crippen LogP contribution in [0.3, 0.4) is 0 Å². The number of likely N-dealkylation sites (tertiary alicyclic amines) is 1. The Morgan fingerprint density at radius 1 is 1.16 bits per heavy atom. The number of rotatable bonds is 6. The number of benzene rings is 1. The van der Waals surface area contributed by atoms with E-state index in [0.717, 1.165) is 19.4 Å². The van der Waals surface area contributed by atoms with Gasteiger partial charge >= 0.3 is 0 Å². The number of hydrogen-bond acceptors (Lipinski definition) is 4. The number of amides is 1. The molecule has 1 aliphatic rings. The van der Waals surface area contributed by atoms with Crippen molar-refractivity contribution >= 4 is 15.9 Å². The van der Waals surface area contributed by atoms with Crippen LogP contribution >= 0.6 is 0 Å². The van der Waals surface area contributed by atoms with Crippen molar-refractivity contribution < 1.29 is 13.2 Å². The summed E-state index contributed by atoms with van der Waals surface area (Å²) in [5.41, 5.74) is 0. The minimum absolute atomic E-state index is 0.167. The van der Waals surface area contributed by atoms with Crippen molar-refractivity contribution in [3.8, 4) is 0 Å². The third-order valence-electron chi connectivity index (χ3n) is 4.44. The van der Waals surface area contributed by atoms with Crippen LogP contribution in [-0.2, 0) is 21.4 Å². The molecule has 3 rings (SSSR count). The quantitative estimate of drug-likeness (QED) is 0.834. The lowest BCUT2D eigenvalue weighted by Gasteiger charge is -2.32. The molecule has 8 heteroatoms. The monoisotopic (exact) mass is 362 g/mol. The first-order chi connectivity index (χ1) is 12.0. The zero-order chi connectivity index (χ0) is 17.7. The van der Waals surface area contributed by atoms with Gasteiger partial charge in [0.25, 0.3) is 0 Å². The number of piperidine rings is 1. The van der Waals surface area contributed by atoms with E-state index in [1.54, 1.807) is 29.3 Å². The Morgan fingerprint density at radius 3 is 2.52 bits per heavy atom. The molecule has 0 spiro atoms. The first-order valence-electron chi connectivity index (χ1n) is 8.34. The van der Waals surface area contributed by atoms with Gasteiger partial charge in [-0.05, 0) is 37.0 Å². The smallest absolute Gasteiger partial charge is 0.241 e. The summed E-state index contributed by atoms with van der Waals surface area (Å²) in [5.74, 6) is 0.307. The van der Waals surface area contributed by atoms with E-state index in [-0.39, 0.29) is 17.3 Å². The van der Waals surface area contributed by atoms with Gasteiger partial charge in [0.2, 0.25) is 15.9 Å². The molecule has 134 valence electrons. The molecule has 0 radical (unpaired) electrons. The lowest BCUT2D eigenvalue weighted by atomic mass is 9.97. The van der Waals surface area contributed by atoms with Crippen molar-refractivity contribution in [2.75, 3.05) is 19.6 Å². The van der Waals surface area contributed by atoms with Crippen molar-refractivity contribution in [2.24, 2.45) is 5.92 Å². The third-order valence-corrected chi connectivity index (χ3v) is 5.86. The van der Waals surface area contributed by atoms with E-state index >= 15 is 0 Å². The summed E-state index contributed by atoms with van der Waals surface area (Å²) in [6.07, 6.45) is 5.50. The first-order valence-corrected chi connectivity index (χ1v) is 9.83. The molecular weight excluding hydrogens is 340 g/mol. The fourth-order valence-corrected chi connectivity index (χ4v) is 3.99. The number of nitrogens with one attached hydrogen (secondary N) is 1. The summed E-state index contributed by atoms with van der Waals surface area (Å²) < 4.78 is 28.6. The standard InChI is InChI=1S/C17H22N4O3S/c22-17(13-19-25(23,24)16-5-2-1-3-6-16)20-11-7-15(8-12-20)14-21-10-4-9-18-21/h1-6,9-10,15,19H,7-8,11-14H2. The highest BCUT2D eigenvalue weighted by molar-refractivity contribution is 7.89. The van der Waals surface area contributed by atoms with E-state index in [4.69, 9.17) is 0 Å². The maximum Gasteiger partial charge on any atom is 0.241 e. The minimum Gasteiger partial charge on any atom is -0.342 e. The van der Waals surface area contributed by atoms with E-state index in [0.29, 0.717) is 19.0 Å². The molecule has 1 aromatic heterocycles. The Bertz CT molecular complexity index is 783. The molecule has 0 aliphatic carbocycles. The molecule has 25 heavy (non-hydrogen) atoms. The SMILES string of the molecule is O=C(CNS(=O)(=O)c1ccccc1)N1CCC(Cn2cccn2)CC1. The van der Waals surface area contributed by atoms with Gasteiger partial charge in [-0.15, -0.1) is 0 Å². The highest BCUT2D eigenvalue weighted by Gasteiger charge is 2.24. The molecule has 0 unspecified atom stereocenters. The number of sulfonamides is 1. The van der Waals surface area contributed by atoms with Crippen LogP contribution in [0, 0.1) is 5.92 Å². The fourth-order valence-electron chi connectivity index (χ4n) is 2.99. The largest absolute Gasteiger partial charge is 0.342 e. The molecule has 0 saturated carbocycles. The highest BCUT2D eigenvalue weighted by Crippen LogP contribution is 2.19. The van der Waals surface area contributed by atoms with Crippen LogP contribution in [0.25, 0.3) is 0 Å². The van der Waals surface area contributed by atoms with Crippen molar-refractivity contribution in [1.82, 2.24) is 19.4 Å². The van der Waals surface area contributed by atoms with Gasteiger partial charge in [0.05, 0.1) is 11.4 Å². The molecule has 1 aliphatic heterocycles. The third kappa shape index (κ3) is 4.67. The van der Waals surface area contributed by atoms with Crippen LogP contribution in [0.4, 0.5) is 0 Å². The van der Waals surface area contributed by atoms with Gasteiger partial charge < -0.3 is 4.90 Å². The summed E-state index contributed by atoms with van der Waals surface area (Å²) in [5, 5.41) is 4.21. The van der Waals surface area contributed by atoms with Crippen molar-refractivity contribution in [3.05, 3.63) is 48.8 Å². The van der Waals surface area contributed by atoms with Crippen LogP contribution in [0.1, 0.15) is 12.8 Å². The number of carbonyl (C=O) groups is 1. The second-order valence-corrected chi connectivity index (χ2v) is 7.96. The molecule has 0 bridgehead atoms. The topological polar surface area (TPSA) is 84.3 Å². The average Bonchev–Trinajstić information content (AvgIpc) is 3.14. The zero-order valence-electron chi connectivity index (χ0n) is 13.9. The second-order valence-electron chi connectivity index (χ2n) is 6.19. The maximum atomic E-state index is 12.3. The van der Waals surface area contributed by atoms with Crippen LogP contribution in [-0.4, -0.2) is 48.6 Å². The summed E-state index contributed by atoms with van der Waals surface area (Å²) >= 11 is 0. The predicted octanol–water partition coefficient (Wildman–Crippen LogP) is 1.10. The maximum absolute atomic E-state index is 12.3. The van der Waals surface area contributed by atoms with E-state index in [2.05, 4.69) is 9.82 Å².